The normalized spacial score (nSPS) is 34.8. The predicted octanol–water partition coefficient (Wildman–Crippen LogP) is 5.10. The molecule has 4 atom stereocenters. The van der Waals surface area contributed by atoms with Gasteiger partial charge in [0.05, 0.1) is 5.25 Å². The fourth-order valence-electron chi connectivity index (χ4n) is 3.07. The Hall–Kier alpha value is -0.560. The van der Waals surface area contributed by atoms with E-state index in [4.69, 9.17) is 4.74 Å². The Balaban J connectivity index is 2.21. The third kappa shape index (κ3) is 3.92. The number of carbonyl (C=O) groups excluding carboxylic acids is 1. The molecule has 23 heavy (non-hydrogen) atoms. The van der Waals surface area contributed by atoms with Crippen molar-refractivity contribution in [3.63, 3.8) is 0 Å². The predicted molar refractivity (Wildman–Crippen MR) is 89.5 cm³/mol. The first-order valence-corrected chi connectivity index (χ1v) is 9.46. The highest BCUT2D eigenvalue weighted by atomic mass is 32.2. The van der Waals surface area contributed by atoms with Gasteiger partial charge in [0.15, 0.2) is 4.93 Å². The zero-order valence-corrected chi connectivity index (χ0v) is 14.8. The second-order valence-corrected chi connectivity index (χ2v) is 8.92. The molecule has 2 aliphatic rings. The van der Waals surface area contributed by atoms with Crippen LogP contribution in [0.2, 0.25) is 0 Å². The summed E-state index contributed by atoms with van der Waals surface area (Å²) in [5.41, 5.74) is -1.22. The molecule has 0 bridgehead atoms. The Labute approximate surface area is 143 Å². The largest absolute Gasteiger partial charge is 0.443 e. The van der Waals surface area contributed by atoms with E-state index in [2.05, 4.69) is 13.5 Å². The van der Waals surface area contributed by atoms with Crippen molar-refractivity contribution >= 4 is 29.5 Å². The molecule has 2 rings (SSSR count). The first kappa shape index (κ1) is 18.8. The smallest absolute Gasteiger partial charge is 0.423 e. The maximum Gasteiger partial charge on any atom is 0.423 e. The molecule has 7 heteroatoms. The first-order chi connectivity index (χ1) is 10.7. The molecule has 0 aromatic carbocycles. The fourth-order valence-corrected chi connectivity index (χ4v) is 6.84. The highest BCUT2D eigenvalue weighted by Crippen LogP contribution is 2.57. The van der Waals surface area contributed by atoms with Gasteiger partial charge in [0.25, 0.3) is 0 Å². The number of alkyl halides is 3. The van der Waals surface area contributed by atoms with Crippen molar-refractivity contribution < 1.29 is 22.7 Å². The summed E-state index contributed by atoms with van der Waals surface area (Å²) in [5.74, 6) is -1.26. The number of ether oxygens (including phenoxy) is 1. The van der Waals surface area contributed by atoms with Gasteiger partial charge >= 0.3 is 12.1 Å². The van der Waals surface area contributed by atoms with E-state index in [9.17, 15) is 18.0 Å². The van der Waals surface area contributed by atoms with E-state index in [1.165, 1.54) is 18.7 Å². The highest BCUT2D eigenvalue weighted by Gasteiger charge is 2.54. The van der Waals surface area contributed by atoms with E-state index in [0.717, 1.165) is 25.3 Å². The van der Waals surface area contributed by atoms with Crippen LogP contribution < -0.4 is 0 Å². The summed E-state index contributed by atoms with van der Waals surface area (Å²) >= 11 is 3.25. The second kappa shape index (κ2) is 7.13. The summed E-state index contributed by atoms with van der Waals surface area (Å²) in [7, 11) is 0. The van der Waals surface area contributed by atoms with Gasteiger partial charge in [0.1, 0.15) is 5.57 Å². The molecule has 0 amide bonds. The summed E-state index contributed by atoms with van der Waals surface area (Å²) in [6.07, 6.45) is 1.00. The Morgan fingerprint density at radius 3 is 2.74 bits per heavy atom. The van der Waals surface area contributed by atoms with Crippen LogP contribution in [0.1, 0.15) is 39.5 Å². The van der Waals surface area contributed by atoms with Crippen LogP contribution in [-0.2, 0) is 9.53 Å². The molecule has 1 saturated heterocycles. The number of hydrogen-bond acceptors (Lipinski definition) is 4. The Morgan fingerprint density at radius 2 is 2.17 bits per heavy atom. The lowest BCUT2D eigenvalue weighted by Gasteiger charge is -2.44. The van der Waals surface area contributed by atoms with E-state index in [-0.39, 0.29) is 10.5 Å². The number of fused-ring (bicyclic) bond motifs is 1. The highest BCUT2D eigenvalue weighted by molar-refractivity contribution is 8.08. The summed E-state index contributed by atoms with van der Waals surface area (Å²) in [5, 5.41) is 0.607. The minimum Gasteiger partial charge on any atom is -0.443 e. The van der Waals surface area contributed by atoms with Gasteiger partial charge in [-0.2, -0.15) is 13.2 Å². The lowest BCUT2D eigenvalue weighted by Crippen LogP contribution is -2.46. The molecule has 0 aromatic rings. The van der Waals surface area contributed by atoms with Crippen molar-refractivity contribution in [3.05, 3.63) is 24.3 Å². The Bertz CT molecular complexity index is 504. The van der Waals surface area contributed by atoms with Crippen LogP contribution in [0, 0.1) is 0 Å². The van der Waals surface area contributed by atoms with Gasteiger partial charge in [0.2, 0.25) is 0 Å². The van der Waals surface area contributed by atoms with Crippen LogP contribution in [0.15, 0.2) is 24.3 Å². The van der Waals surface area contributed by atoms with Crippen molar-refractivity contribution in [2.75, 3.05) is 0 Å². The number of rotatable bonds is 4. The van der Waals surface area contributed by atoms with Gasteiger partial charge in [0, 0.05) is 10.5 Å². The number of hydrogen-bond donors (Lipinski definition) is 0. The van der Waals surface area contributed by atoms with E-state index in [0.29, 0.717) is 11.7 Å². The Kier molecular flexibility index (Phi) is 5.82. The zero-order valence-electron chi connectivity index (χ0n) is 13.2. The van der Waals surface area contributed by atoms with Crippen LogP contribution >= 0.6 is 23.5 Å². The molecule has 130 valence electrons. The van der Waals surface area contributed by atoms with Crippen LogP contribution in [0.3, 0.4) is 0 Å². The molecule has 2 fully saturated rings. The number of esters is 1. The van der Waals surface area contributed by atoms with E-state index >= 15 is 0 Å². The number of allylic oxidation sites excluding steroid dienone is 2. The molecule has 4 unspecified atom stereocenters. The zero-order chi connectivity index (χ0) is 17.3. The van der Waals surface area contributed by atoms with Crippen LogP contribution in [0.5, 0.6) is 0 Å². The molecule has 0 N–H and O–H groups in total. The van der Waals surface area contributed by atoms with Crippen molar-refractivity contribution in [1.82, 2.24) is 0 Å². The fraction of sp³-hybridized carbons (Fsp3) is 0.688. The molecule has 0 aromatic heterocycles. The van der Waals surface area contributed by atoms with Gasteiger partial charge in [-0.05, 0) is 32.6 Å². The van der Waals surface area contributed by atoms with Crippen molar-refractivity contribution in [3.8, 4) is 0 Å². The van der Waals surface area contributed by atoms with E-state index < -0.39 is 22.7 Å². The van der Waals surface area contributed by atoms with E-state index in [1.54, 1.807) is 11.8 Å². The maximum absolute atomic E-state index is 12.9. The molecule has 2 nitrogen and oxygen atoms in total. The topological polar surface area (TPSA) is 26.3 Å². The van der Waals surface area contributed by atoms with Gasteiger partial charge in [-0.25, -0.2) is 4.79 Å². The number of thioether (sulfide) groups is 2. The minimum absolute atomic E-state index is 0.0545. The standard InChI is InChI=1S/C16H21F3O2S2/c1-4-7-12-10(3)22-13-8-6-9-15(13,23-12)21-14(20)11(5-2)16(17,18)19/h4-5,10,12-13H,1,6-9H2,2-3H3. The molecular weight excluding hydrogens is 345 g/mol. The van der Waals surface area contributed by atoms with Gasteiger partial charge < -0.3 is 4.74 Å². The SMILES string of the molecule is C=CCC1SC2(OC(=O)C(=CC)C(F)(F)F)CCCC2SC1C. The monoisotopic (exact) mass is 366 g/mol. The maximum atomic E-state index is 12.9. The lowest BCUT2D eigenvalue weighted by atomic mass is 10.2. The van der Waals surface area contributed by atoms with Crippen LogP contribution in [0.25, 0.3) is 0 Å². The molecule has 1 aliphatic carbocycles. The Morgan fingerprint density at radius 1 is 1.48 bits per heavy atom. The molecule has 1 aliphatic heterocycles. The summed E-state index contributed by atoms with van der Waals surface area (Å²) in [4.78, 5) is 11.3. The number of halogens is 3. The van der Waals surface area contributed by atoms with Crippen LogP contribution in [-0.4, -0.2) is 32.8 Å². The average molecular weight is 366 g/mol. The lowest BCUT2D eigenvalue weighted by molar-refractivity contribution is -0.157. The third-order valence-corrected chi connectivity index (χ3v) is 8.11. The molecule has 1 heterocycles. The molecule has 0 radical (unpaired) electrons. The van der Waals surface area contributed by atoms with Crippen LogP contribution in [0.4, 0.5) is 13.2 Å². The minimum atomic E-state index is -4.68. The summed E-state index contributed by atoms with van der Waals surface area (Å²) in [6, 6.07) is 0. The van der Waals surface area contributed by atoms with Gasteiger partial charge in [-0.15, -0.1) is 30.1 Å². The van der Waals surface area contributed by atoms with Crippen molar-refractivity contribution in [1.29, 1.82) is 0 Å². The summed E-state index contributed by atoms with van der Waals surface area (Å²) < 4.78 is 44.3. The van der Waals surface area contributed by atoms with E-state index in [1.807, 2.05) is 6.08 Å². The summed E-state index contributed by atoms with van der Waals surface area (Å²) in [6.45, 7) is 7.07. The molecule has 0 spiro atoms. The number of carbonyl (C=O) groups is 1. The second-order valence-electron chi connectivity index (χ2n) is 5.80. The van der Waals surface area contributed by atoms with Gasteiger partial charge in [-0.1, -0.05) is 19.1 Å². The van der Waals surface area contributed by atoms with Crippen molar-refractivity contribution in [2.24, 2.45) is 0 Å². The third-order valence-electron chi connectivity index (χ3n) is 4.21. The quantitative estimate of drug-likeness (QED) is 0.393. The first-order valence-electron chi connectivity index (χ1n) is 7.64. The molecule has 1 saturated carbocycles. The van der Waals surface area contributed by atoms with Crippen molar-refractivity contribution in [2.45, 2.75) is 66.4 Å². The molecular formula is C16H21F3O2S2. The van der Waals surface area contributed by atoms with Gasteiger partial charge in [-0.3, -0.25) is 0 Å². The average Bonchev–Trinajstić information content (AvgIpc) is 2.81.